The van der Waals surface area contributed by atoms with Gasteiger partial charge in [-0.1, -0.05) is 23.2 Å². The molecule has 1 aromatic heterocycles. The summed E-state index contributed by atoms with van der Waals surface area (Å²) in [6.07, 6.45) is 1.24. The van der Waals surface area contributed by atoms with Crippen LogP contribution in [-0.2, 0) is 4.74 Å². The van der Waals surface area contributed by atoms with Crippen molar-refractivity contribution in [2.75, 3.05) is 14.2 Å². The molecule has 1 heterocycles. The quantitative estimate of drug-likeness (QED) is 0.756. The number of pyridine rings is 1. The fraction of sp³-hybridized carbons (Fsp3) is 0.250. The summed E-state index contributed by atoms with van der Waals surface area (Å²) in [7, 11) is 3.25. The highest BCUT2D eigenvalue weighted by atomic mass is 35.5. The van der Waals surface area contributed by atoms with Gasteiger partial charge in [0.2, 0.25) is 0 Å². The Hall–Kier alpha value is -0.840. The summed E-state index contributed by atoms with van der Waals surface area (Å²) < 4.78 is 4.25. The molecule has 0 unspecified atom stereocenters. The predicted molar refractivity (Wildman–Crippen MR) is 55.7 cm³/mol. The van der Waals surface area contributed by atoms with Crippen LogP contribution in [0.4, 0.5) is 0 Å². The number of ether oxygens (including phenoxy) is 1. The summed E-state index contributed by atoms with van der Waals surface area (Å²) in [5.74, 6) is -0.612. The molecular weight excluding hydrogens is 227 g/mol. The minimum Gasteiger partial charge on any atom is -0.388 e. The molecule has 1 rings (SSSR count). The largest absolute Gasteiger partial charge is 0.388 e. The third-order valence-corrected chi connectivity index (χ3v) is 1.60. The van der Waals surface area contributed by atoms with Crippen LogP contribution in [0.3, 0.4) is 0 Å². The molecule has 0 aliphatic heterocycles. The lowest BCUT2D eigenvalue weighted by molar-refractivity contribution is 0.1000. The number of nitrogens with two attached hydrogens (primary N) is 1. The molecule has 1 aromatic rings. The molecule has 0 atom stereocenters. The Kier molecular flexibility index (Phi) is 6.19. The van der Waals surface area contributed by atoms with Crippen molar-refractivity contribution < 1.29 is 9.53 Å². The highest BCUT2D eigenvalue weighted by Gasteiger charge is 2.06. The molecule has 0 radical (unpaired) electrons. The number of primary amides is 1. The minimum atomic E-state index is -0.612. The summed E-state index contributed by atoms with van der Waals surface area (Å²) in [5, 5.41) is 0.456. The van der Waals surface area contributed by atoms with E-state index in [9.17, 15) is 4.79 Å². The second-order valence-corrected chi connectivity index (χ2v) is 3.05. The van der Waals surface area contributed by atoms with Crippen molar-refractivity contribution in [2.45, 2.75) is 0 Å². The molecule has 0 aliphatic rings. The number of methoxy groups -OCH3 is 1. The number of halogens is 2. The van der Waals surface area contributed by atoms with Crippen molar-refractivity contribution in [1.29, 1.82) is 0 Å². The second kappa shape index (κ2) is 6.59. The molecule has 0 saturated carbocycles. The lowest BCUT2D eigenvalue weighted by Gasteiger charge is -1.97. The monoisotopic (exact) mass is 236 g/mol. The fourth-order valence-electron chi connectivity index (χ4n) is 0.589. The van der Waals surface area contributed by atoms with E-state index >= 15 is 0 Å². The van der Waals surface area contributed by atoms with Crippen LogP contribution in [0.5, 0.6) is 0 Å². The number of hydrogen-bond acceptors (Lipinski definition) is 3. The molecule has 2 N–H and O–H groups in total. The van der Waals surface area contributed by atoms with E-state index in [1.165, 1.54) is 12.3 Å². The van der Waals surface area contributed by atoms with Crippen LogP contribution < -0.4 is 5.73 Å². The number of aromatic nitrogens is 1. The molecule has 0 aliphatic carbocycles. The Balaban J connectivity index is 0.000000500. The van der Waals surface area contributed by atoms with Crippen molar-refractivity contribution in [1.82, 2.24) is 4.98 Å². The summed E-state index contributed by atoms with van der Waals surface area (Å²) in [5.41, 5.74) is 5.14. The van der Waals surface area contributed by atoms with Gasteiger partial charge >= 0.3 is 0 Å². The van der Waals surface area contributed by atoms with Gasteiger partial charge in [-0.15, -0.1) is 0 Å². The average Bonchev–Trinajstić information content (AvgIpc) is 2.04. The number of rotatable bonds is 1. The average molecular weight is 237 g/mol. The molecule has 0 saturated heterocycles. The number of carbonyl (C=O) groups is 1. The Labute approximate surface area is 92.0 Å². The van der Waals surface area contributed by atoms with E-state index in [1.807, 2.05) is 0 Å². The van der Waals surface area contributed by atoms with E-state index in [1.54, 1.807) is 14.2 Å². The summed E-state index contributed by atoms with van der Waals surface area (Å²) in [6.45, 7) is 0. The van der Waals surface area contributed by atoms with Gasteiger partial charge in [0.15, 0.2) is 0 Å². The molecule has 4 nitrogen and oxygen atoms in total. The molecule has 0 spiro atoms. The third-order valence-electron chi connectivity index (χ3n) is 1.09. The van der Waals surface area contributed by atoms with Crippen molar-refractivity contribution in [3.8, 4) is 0 Å². The van der Waals surface area contributed by atoms with E-state index in [4.69, 9.17) is 28.9 Å². The third kappa shape index (κ3) is 4.41. The van der Waals surface area contributed by atoms with Gasteiger partial charge in [-0.3, -0.25) is 4.79 Å². The summed E-state index contributed by atoms with van der Waals surface area (Å²) in [4.78, 5) is 14.2. The smallest absolute Gasteiger partial charge is 0.251 e. The molecule has 1 amide bonds. The van der Waals surface area contributed by atoms with Gasteiger partial charge in [-0.05, 0) is 6.07 Å². The Morgan fingerprint density at radius 2 is 2.00 bits per heavy atom. The zero-order valence-electron chi connectivity index (χ0n) is 7.75. The van der Waals surface area contributed by atoms with Gasteiger partial charge < -0.3 is 10.5 Å². The molecule has 0 fully saturated rings. The van der Waals surface area contributed by atoms with Crippen LogP contribution in [0.15, 0.2) is 12.3 Å². The van der Waals surface area contributed by atoms with Crippen LogP contribution >= 0.6 is 23.2 Å². The topological polar surface area (TPSA) is 65.2 Å². The van der Waals surface area contributed by atoms with E-state index in [-0.39, 0.29) is 15.7 Å². The Morgan fingerprint density at radius 3 is 2.36 bits per heavy atom. The van der Waals surface area contributed by atoms with Crippen LogP contribution in [-0.4, -0.2) is 25.1 Å². The van der Waals surface area contributed by atoms with Gasteiger partial charge in [-0.2, -0.15) is 0 Å². The zero-order chi connectivity index (χ0) is 11.1. The first-order valence-electron chi connectivity index (χ1n) is 3.54. The number of nitrogens with zero attached hydrogens (tertiary/aromatic N) is 1. The minimum absolute atomic E-state index is 0.177. The zero-order valence-corrected chi connectivity index (χ0v) is 9.26. The predicted octanol–water partition coefficient (Wildman–Crippen LogP) is 1.75. The summed E-state index contributed by atoms with van der Waals surface area (Å²) >= 11 is 11.1. The maximum absolute atomic E-state index is 10.6. The highest BCUT2D eigenvalue weighted by molar-refractivity contribution is 6.36. The van der Waals surface area contributed by atoms with Gasteiger partial charge in [0.25, 0.3) is 5.91 Å². The van der Waals surface area contributed by atoms with E-state index < -0.39 is 5.91 Å². The van der Waals surface area contributed by atoms with E-state index in [0.717, 1.165) is 0 Å². The number of carbonyl (C=O) groups excluding carboxylic acids is 1. The number of amides is 1. The van der Waals surface area contributed by atoms with E-state index in [2.05, 4.69) is 9.72 Å². The van der Waals surface area contributed by atoms with Crippen molar-refractivity contribution >= 4 is 29.1 Å². The van der Waals surface area contributed by atoms with Crippen molar-refractivity contribution in [2.24, 2.45) is 5.73 Å². The first-order chi connectivity index (χ1) is 6.52. The van der Waals surface area contributed by atoms with Gasteiger partial charge in [0, 0.05) is 20.4 Å². The van der Waals surface area contributed by atoms with Gasteiger partial charge in [0.1, 0.15) is 5.15 Å². The standard InChI is InChI=1S/C6H4Cl2N2O.C2H6O/c7-4-1-5(8)10-2-3(4)6(9)11;1-3-2/h1-2H,(H2,9,11);1-2H3. The molecule has 0 aromatic carbocycles. The highest BCUT2D eigenvalue weighted by Crippen LogP contribution is 2.17. The van der Waals surface area contributed by atoms with Gasteiger partial charge in [0.05, 0.1) is 10.6 Å². The first kappa shape index (κ1) is 13.2. The summed E-state index contributed by atoms with van der Waals surface area (Å²) in [6, 6.07) is 1.36. The SMILES string of the molecule is COC.NC(=O)c1cnc(Cl)cc1Cl. The molecular formula is C8H10Cl2N2O2. The van der Waals surface area contributed by atoms with Crippen LogP contribution in [0, 0.1) is 0 Å². The molecule has 78 valence electrons. The first-order valence-corrected chi connectivity index (χ1v) is 4.29. The van der Waals surface area contributed by atoms with Crippen LogP contribution in [0.1, 0.15) is 10.4 Å². The molecule has 14 heavy (non-hydrogen) atoms. The Morgan fingerprint density at radius 1 is 1.50 bits per heavy atom. The molecule has 0 bridgehead atoms. The van der Waals surface area contributed by atoms with Crippen molar-refractivity contribution in [3.63, 3.8) is 0 Å². The normalized spacial score (nSPS) is 8.86. The fourth-order valence-corrected chi connectivity index (χ4v) is 1.05. The maximum atomic E-state index is 10.6. The van der Waals surface area contributed by atoms with Crippen molar-refractivity contribution in [3.05, 3.63) is 28.0 Å². The molecule has 6 heteroatoms. The maximum Gasteiger partial charge on any atom is 0.251 e. The number of hydrogen-bond donors (Lipinski definition) is 1. The van der Waals surface area contributed by atoms with Gasteiger partial charge in [-0.25, -0.2) is 4.98 Å². The Bertz CT molecular complexity index is 318. The second-order valence-electron chi connectivity index (χ2n) is 2.26. The van der Waals surface area contributed by atoms with E-state index in [0.29, 0.717) is 0 Å². The lowest BCUT2D eigenvalue weighted by atomic mass is 10.3. The lowest BCUT2D eigenvalue weighted by Crippen LogP contribution is -2.11. The van der Waals surface area contributed by atoms with Crippen LogP contribution in [0.25, 0.3) is 0 Å². The van der Waals surface area contributed by atoms with Crippen LogP contribution in [0.2, 0.25) is 10.2 Å².